The van der Waals surface area contributed by atoms with Crippen LogP contribution < -0.4 is 0 Å². The Balaban J connectivity index is 1.73. The third-order valence-corrected chi connectivity index (χ3v) is 11.7. The van der Waals surface area contributed by atoms with Crippen molar-refractivity contribution in [2.75, 3.05) is 6.16 Å². The molecule has 0 saturated heterocycles. The lowest BCUT2D eigenvalue weighted by atomic mass is 9.43. The molecule has 2 heterocycles. The third kappa shape index (κ3) is 4.48. The van der Waals surface area contributed by atoms with Gasteiger partial charge in [0.2, 0.25) is 0 Å². The average Bonchev–Trinajstić information content (AvgIpc) is 2.91. The van der Waals surface area contributed by atoms with E-state index in [-0.39, 0.29) is 16.2 Å². The first-order valence-corrected chi connectivity index (χ1v) is 16.5. The summed E-state index contributed by atoms with van der Waals surface area (Å²) in [7, 11) is 6.33. The van der Waals surface area contributed by atoms with Crippen LogP contribution in [0.4, 0.5) is 0 Å². The summed E-state index contributed by atoms with van der Waals surface area (Å²) in [5.74, 6) is 4.62. The molecule has 212 valence electrons. The third-order valence-electron chi connectivity index (χ3n) is 10.3. The van der Waals surface area contributed by atoms with Gasteiger partial charge in [0.15, 0.2) is 0 Å². The smallest absolute Gasteiger partial charge is 0.150 e. The molecular weight excluding hydrogens is 526 g/mol. The van der Waals surface area contributed by atoms with E-state index in [1.807, 2.05) is 36.9 Å². The summed E-state index contributed by atoms with van der Waals surface area (Å²) in [6.07, 6.45) is 15.4. The average molecular weight is 573 g/mol. The standard InChI is InChI=1S/C34H46N4P2/c1-31(2,3)24-16-26(33-18-21-13-22(19-33)15-23(14-21)28(33)20-39)27(17-25(24)32(4,5)6)34(40,29-35-9-7-10-36-29)30-37-11-8-12-38-30/h7-12,16-17,21-23,28H,13-15,18-20,39-40H2,1-6H3. The highest BCUT2D eigenvalue weighted by atomic mass is 31.0. The molecule has 0 radical (unpaired) electrons. The molecule has 3 aromatic rings. The fraction of sp³-hybridized carbons (Fsp3) is 0.588. The first-order valence-electron chi connectivity index (χ1n) is 15.1. The van der Waals surface area contributed by atoms with Crippen LogP contribution in [0, 0.1) is 23.7 Å². The second-order valence-corrected chi connectivity index (χ2v) is 16.3. The minimum Gasteiger partial charge on any atom is -0.240 e. The normalized spacial score (nSPS) is 28.2. The largest absolute Gasteiger partial charge is 0.240 e. The summed E-state index contributed by atoms with van der Waals surface area (Å²) in [6.45, 7) is 14.2. The number of hydrogen-bond donors (Lipinski definition) is 0. The van der Waals surface area contributed by atoms with Crippen molar-refractivity contribution in [3.8, 4) is 0 Å². The molecule has 5 atom stereocenters. The Morgan fingerprint density at radius 1 is 0.725 bits per heavy atom. The molecular formula is C34H46N4P2. The molecule has 4 fully saturated rings. The van der Waals surface area contributed by atoms with Crippen molar-refractivity contribution in [1.29, 1.82) is 0 Å². The molecule has 6 heteroatoms. The summed E-state index contributed by atoms with van der Waals surface area (Å²) in [4.78, 5) is 19.5. The van der Waals surface area contributed by atoms with Gasteiger partial charge in [-0.3, -0.25) is 0 Å². The van der Waals surface area contributed by atoms with Gasteiger partial charge in [-0.1, -0.05) is 53.7 Å². The van der Waals surface area contributed by atoms with Crippen LogP contribution >= 0.6 is 18.5 Å². The van der Waals surface area contributed by atoms with E-state index in [1.54, 1.807) is 0 Å². The molecule has 4 bridgehead atoms. The molecule has 5 unspecified atom stereocenters. The van der Waals surface area contributed by atoms with Gasteiger partial charge in [0.05, 0.1) is 0 Å². The van der Waals surface area contributed by atoms with Crippen LogP contribution in [-0.2, 0) is 21.4 Å². The number of benzene rings is 1. The second-order valence-electron chi connectivity index (χ2n) is 15.0. The van der Waals surface area contributed by atoms with Crippen LogP contribution in [0.25, 0.3) is 0 Å². The maximum Gasteiger partial charge on any atom is 0.150 e. The topological polar surface area (TPSA) is 51.6 Å². The molecule has 0 N–H and O–H groups in total. The quantitative estimate of drug-likeness (QED) is 0.296. The number of aromatic nitrogens is 4. The van der Waals surface area contributed by atoms with Gasteiger partial charge in [0, 0.05) is 24.8 Å². The highest BCUT2D eigenvalue weighted by Gasteiger charge is 2.59. The number of hydrogen-bond acceptors (Lipinski definition) is 4. The van der Waals surface area contributed by atoms with Gasteiger partial charge in [0.25, 0.3) is 0 Å². The van der Waals surface area contributed by atoms with Crippen molar-refractivity contribution in [2.45, 2.75) is 95.0 Å². The molecule has 0 amide bonds. The molecule has 40 heavy (non-hydrogen) atoms. The Morgan fingerprint density at radius 3 is 1.65 bits per heavy atom. The maximum atomic E-state index is 4.88. The summed E-state index contributed by atoms with van der Waals surface area (Å²) in [5, 5.41) is -0.761. The molecule has 4 aliphatic rings. The van der Waals surface area contributed by atoms with E-state index < -0.39 is 5.16 Å². The molecule has 0 aliphatic heterocycles. The monoisotopic (exact) mass is 572 g/mol. The molecule has 2 aromatic heterocycles. The van der Waals surface area contributed by atoms with Gasteiger partial charge >= 0.3 is 0 Å². The van der Waals surface area contributed by atoms with Crippen LogP contribution in [0.3, 0.4) is 0 Å². The van der Waals surface area contributed by atoms with E-state index in [0.29, 0.717) is 5.92 Å². The Labute approximate surface area is 245 Å². The summed E-state index contributed by atoms with van der Waals surface area (Å²) >= 11 is 0. The van der Waals surface area contributed by atoms with E-state index in [1.165, 1.54) is 54.4 Å². The first kappa shape index (κ1) is 28.4. The Bertz CT molecular complexity index is 1320. The number of nitrogens with zero attached hydrogens (tertiary/aromatic N) is 4. The van der Waals surface area contributed by atoms with Crippen LogP contribution in [-0.4, -0.2) is 26.1 Å². The molecule has 7 rings (SSSR count). The lowest BCUT2D eigenvalue weighted by Crippen LogP contribution is -2.56. The van der Waals surface area contributed by atoms with Gasteiger partial charge in [-0.15, -0.1) is 18.5 Å². The van der Waals surface area contributed by atoms with Crippen molar-refractivity contribution in [3.63, 3.8) is 0 Å². The van der Waals surface area contributed by atoms with E-state index >= 15 is 0 Å². The minimum atomic E-state index is -0.761. The van der Waals surface area contributed by atoms with E-state index in [9.17, 15) is 0 Å². The maximum absolute atomic E-state index is 4.88. The Hall–Kier alpha value is -1.76. The van der Waals surface area contributed by atoms with Crippen LogP contribution in [0.1, 0.15) is 108 Å². The van der Waals surface area contributed by atoms with E-state index in [4.69, 9.17) is 19.9 Å². The SMILES string of the molecule is CC(C)(C)c1cc(C(P)(c2ncccn2)c2ncccn2)c(C23CC4CC(CC(C4)C2CP)C3)cc1C(C)(C)C. The fourth-order valence-electron chi connectivity index (χ4n) is 8.91. The van der Waals surface area contributed by atoms with Gasteiger partial charge in [-0.2, -0.15) is 0 Å². The Kier molecular flexibility index (Phi) is 7.03. The molecule has 4 nitrogen and oxygen atoms in total. The molecule has 0 spiro atoms. The highest BCUT2D eigenvalue weighted by molar-refractivity contribution is 7.19. The van der Waals surface area contributed by atoms with Gasteiger partial charge in [-0.05, 0) is 113 Å². The van der Waals surface area contributed by atoms with Gasteiger partial charge in [0.1, 0.15) is 16.8 Å². The first-order chi connectivity index (χ1) is 18.9. The summed E-state index contributed by atoms with van der Waals surface area (Å²) < 4.78 is 0. The summed E-state index contributed by atoms with van der Waals surface area (Å²) in [5.41, 5.74) is 5.78. The van der Waals surface area contributed by atoms with Gasteiger partial charge < -0.3 is 0 Å². The predicted molar refractivity (Wildman–Crippen MR) is 171 cm³/mol. The number of rotatable bonds is 5. The second kappa shape index (κ2) is 9.91. The lowest BCUT2D eigenvalue weighted by molar-refractivity contribution is -0.0522. The molecule has 4 saturated carbocycles. The van der Waals surface area contributed by atoms with Crippen LogP contribution in [0.15, 0.2) is 49.1 Å². The van der Waals surface area contributed by atoms with Crippen molar-refractivity contribution >= 4 is 18.5 Å². The minimum absolute atomic E-state index is 0.0185. The lowest BCUT2D eigenvalue weighted by Gasteiger charge is -2.62. The van der Waals surface area contributed by atoms with E-state index in [0.717, 1.165) is 35.6 Å². The van der Waals surface area contributed by atoms with Crippen molar-refractivity contribution < 1.29 is 0 Å². The highest BCUT2D eigenvalue weighted by Crippen LogP contribution is 2.65. The Morgan fingerprint density at radius 2 is 1.20 bits per heavy atom. The van der Waals surface area contributed by atoms with Crippen LogP contribution in [0.2, 0.25) is 0 Å². The molecule has 4 aliphatic carbocycles. The zero-order valence-electron chi connectivity index (χ0n) is 25.1. The van der Waals surface area contributed by atoms with Crippen molar-refractivity contribution in [1.82, 2.24) is 19.9 Å². The van der Waals surface area contributed by atoms with E-state index in [2.05, 4.69) is 72.2 Å². The summed E-state index contributed by atoms with van der Waals surface area (Å²) in [6, 6.07) is 8.96. The predicted octanol–water partition coefficient (Wildman–Crippen LogP) is 7.60. The van der Waals surface area contributed by atoms with Crippen LogP contribution in [0.5, 0.6) is 0 Å². The van der Waals surface area contributed by atoms with Crippen molar-refractivity contribution in [2.24, 2.45) is 23.7 Å². The molecule has 1 aromatic carbocycles. The zero-order valence-corrected chi connectivity index (χ0v) is 27.4. The fourth-order valence-corrected chi connectivity index (χ4v) is 10.3. The van der Waals surface area contributed by atoms with Crippen molar-refractivity contribution in [3.05, 3.63) is 83.0 Å². The van der Waals surface area contributed by atoms with Gasteiger partial charge in [-0.25, -0.2) is 19.9 Å². The zero-order chi connectivity index (χ0) is 28.5.